The van der Waals surface area contributed by atoms with E-state index < -0.39 is 16.6 Å². The van der Waals surface area contributed by atoms with E-state index in [0.717, 1.165) is 11.1 Å². The summed E-state index contributed by atoms with van der Waals surface area (Å²) in [6.45, 7) is 0.975. The number of amides is 2. The highest BCUT2D eigenvalue weighted by molar-refractivity contribution is 7.72. The molecule has 7 nitrogen and oxygen atoms in total. The van der Waals surface area contributed by atoms with Crippen LogP contribution in [0.25, 0.3) is 0 Å². The zero-order valence-corrected chi connectivity index (χ0v) is 16.3. The molecular weight excluding hydrogens is 380 g/mol. The van der Waals surface area contributed by atoms with E-state index in [0.29, 0.717) is 6.54 Å². The maximum absolute atomic E-state index is 12.6. The molecule has 0 radical (unpaired) electrons. The van der Waals surface area contributed by atoms with Crippen LogP contribution in [0.1, 0.15) is 17.0 Å². The van der Waals surface area contributed by atoms with Crippen LogP contribution in [0.15, 0.2) is 59.5 Å². The van der Waals surface area contributed by atoms with Crippen molar-refractivity contribution in [1.29, 1.82) is 0 Å². The Labute approximate surface area is 165 Å². The first kappa shape index (κ1) is 19.9. The fourth-order valence-electron chi connectivity index (χ4n) is 3.42. The van der Waals surface area contributed by atoms with E-state index in [1.54, 1.807) is 17.0 Å². The lowest BCUT2D eigenvalue weighted by atomic mass is 9.89. The SMILES string of the molecule is COC(=O)C1CN(C(=O)NCc2ccc([SH](=O)=O)cc2)CC1c1ccccc1. The fraction of sp³-hybridized carbons (Fsp3) is 0.300. The zero-order chi connectivity index (χ0) is 20.1. The highest BCUT2D eigenvalue weighted by Crippen LogP contribution is 2.33. The van der Waals surface area contributed by atoms with Crippen LogP contribution >= 0.6 is 0 Å². The monoisotopic (exact) mass is 402 g/mol. The van der Waals surface area contributed by atoms with Crippen LogP contribution in [0.4, 0.5) is 4.79 Å². The molecule has 1 fully saturated rings. The maximum Gasteiger partial charge on any atom is 0.317 e. The molecule has 2 unspecified atom stereocenters. The average molecular weight is 402 g/mol. The normalized spacial score (nSPS) is 18.9. The van der Waals surface area contributed by atoms with Crippen LogP contribution in [0, 0.1) is 5.92 Å². The number of esters is 1. The second-order valence-electron chi connectivity index (χ2n) is 6.63. The molecule has 0 aromatic heterocycles. The fourth-order valence-corrected chi connectivity index (χ4v) is 3.82. The van der Waals surface area contributed by atoms with Crippen LogP contribution in [-0.4, -0.2) is 45.5 Å². The van der Waals surface area contributed by atoms with Crippen LogP contribution < -0.4 is 5.32 Å². The number of nitrogens with zero attached hydrogens (tertiary/aromatic N) is 1. The molecule has 2 amide bonds. The Bertz CT molecular complexity index is 904. The molecule has 0 bridgehead atoms. The summed E-state index contributed by atoms with van der Waals surface area (Å²) in [6.07, 6.45) is 0. The van der Waals surface area contributed by atoms with Crippen molar-refractivity contribution in [3.05, 3.63) is 65.7 Å². The Kier molecular flexibility index (Phi) is 6.30. The number of carbonyl (C=O) groups is 2. The number of rotatable bonds is 5. The molecule has 8 heteroatoms. The Morgan fingerprint density at radius 1 is 1.07 bits per heavy atom. The first-order valence-corrected chi connectivity index (χ1v) is 10.1. The molecule has 3 rings (SSSR count). The minimum Gasteiger partial charge on any atom is -0.469 e. The van der Waals surface area contributed by atoms with E-state index in [1.807, 2.05) is 30.3 Å². The van der Waals surface area contributed by atoms with E-state index in [4.69, 9.17) is 4.74 Å². The lowest BCUT2D eigenvalue weighted by Crippen LogP contribution is -2.38. The number of carbonyl (C=O) groups excluding carboxylic acids is 2. The van der Waals surface area contributed by atoms with Crippen molar-refractivity contribution >= 4 is 22.7 Å². The van der Waals surface area contributed by atoms with E-state index in [9.17, 15) is 18.0 Å². The van der Waals surface area contributed by atoms with Crippen molar-refractivity contribution in [2.45, 2.75) is 17.4 Å². The van der Waals surface area contributed by atoms with E-state index >= 15 is 0 Å². The maximum atomic E-state index is 12.6. The van der Waals surface area contributed by atoms with E-state index in [1.165, 1.54) is 19.2 Å². The third-order valence-corrected chi connectivity index (χ3v) is 5.65. The molecular formula is C20H22N2O5S. The summed E-state index contributed by atoms with van der Waals surface area (Å²) in [5.74, 6) is -0.857. The first-order chi connectivity index (χ1) is 13.5. The molecule has 2 aromatic rings. The smallest absolute Gasteiger partial charge is 0.317 e. The minimum absolute atomic E-state index is 0.118. The van der Waals surface area contributed by atoms with Gasteiger partial charge in [-0.15, -0.1) is 0 Å². The van der Waals surface area contributed by atoms with Crippen molar-refractivity contribution in [3.8, 4) is 0 Å². The van der Waals surface area contributed by atoms with Gasteiger partial charge in [-0.2, -0.15) is 0 Å². The van der Waals surface area contributed by atoms with Gasteiger partial charge in [-0.3, -0.25) is 4.79 Å². The standard InChI is InChI=1S/C20H22N2O5S/c1-27-19(23)18-13-22(12-17(18)15-5-3-2-4-6-15)20(24)21-11-14-7-9-16(10-8-14)28(25)26/h2-10,17-18,28H,11-13H2,1H3,(H,21,24). The van der Waals surface area contributed by atoms with Gasteiger partial charge in [0.05, 0.1) is 17.9 Å². The zero-order valence-electron chi connectivity index (χ0n) is 15.4. The van der Waals surface area contributed by atoms with Crippen LogP contribution in [0.2, 0.25) is 0 Å². The summed E-state index contributed by atoms with van der Waals surface area (Å²) >= 11 is 0. The molecule has 1 saturated heterocycles. The summed E-state index contributed by atoms with van der Waals surface area (Å²) in [7, 11) is -1.26. The van der Waals surface area contributed by atoms with Gasteiger partial charge in [-0.05, 0) is 23.3 Å². The number of methoxy groups -OCH3 is 1. The molecule has 1 heterocycles. The molecule has 1 N–H and O–H groups in total. The summed E-state index contributed by atoms with van der Waals surface area (Å²) < 4.78 is 26.8. The number of likely N-dealkylation sites (tertiary alicyclic amines) is 1. The second kappa shape index (κ2) is 8.88. The number of nitrogens with one attached hydrogen (secondary N) is 1. The van der Waals surface area contributed by atoms with Gasteiger partial charge in [0, 0.05) is 25.6 Å². The molecule has 148 valence electrons. The number of benzene rings is 2. The first-order valence-electron chi connectivity index (χ1n) is 8.88. The minimum atomic E-state index is -2.62. The van der Waals surface area contributed by atoms with Crippen LogP contribution in [0.5, 0.6) is 0 Å². The topological polar surface area (TPSA) is 92.8 Å². The molecule has 28 heavy (non-hydrogen) atoms. The highest BCUT2D eigenvalue weighted by Gasteiger charge is 2.41. The molecule has 2 aromatic carbocycles. The lowest BCUT2D eigenvalue weighted by molar-refractivity contribution is -0.145. The number of hydrogen-bond donors (Lipinski definition) is 2. The number of ether oxygens (including phenoxy) is 1. The molecule has 0 saturated carbocycles. The summed E-state index contributed by atoms with van der Waals surface area (Å²) in [4.78, 5) is 26.6. The predicted molar refractivity (Wildman–Crippen MR) is 104 cm³/mol. The van der Waals surface area contributed by atoms with Crippen LogP contribution in [0.3, 0.4) is 0 Å². The van der Waals surface area contributed by atoms with Crippen molar-refractivity contribution in [2.75, 3.05) is 20.2 Å². The van der Waals surface area contributed by atoms with Gasteiger partial charge in [0.25, 0.3) is 0 Å². The Morgan fingerprint density at radius 3 is 2.36 bits per heavy atom. The van der Waals surface area contributed by atoms with Gasteiger partial charge >= 0.3 is 12.0 Å². The second-order valence-corrected chi connectivity index (χ2v) is 7.66. The van der Waals surface area contributed by atoms with Crippen molar-refractivity contribution < 1.29 is 22.7 Å². The highest BCUT2D eigenvalue weighted by atomic mass is 32.2. The van der Waals surface area contributed by atoms with E-state index in [2.05, 4.69) is 5.32 Å². The van der Waals surface area contributed by atoms with Crippen LogP contribution in [-0.2, 0) is 26.8 Å². The quantitative estimate of drug-likeness (QED) is 0.587. The van der Waals surface area contributed by atoms with Crippen molar-refractivity contribution in [2.24, 2.45) is 5.92 Å². The molecule has 1 aliphatic heterocycles. The van der Waals surface area contributed by atoms with Gasteiger partial charge in [-0.25, -0.2) is 13.2 Å². The number of thiol groups is 1. The van der Waals surface area contributed by atoms with Gasteiger partial charge in [-0.1, -0.05) is 42.5 Å². The summed E-state index contributed by atoms with van der Waals surface area (Å²) in [6, 6.07) is 15.7. The molecule has 0 spiro atoms. The van der Waals surface area contributed by atoms with Gasteiger partial charge in [0.1, 0.15) is 0 Å². The third kappa shape index (κ3) is 4.51. The number of hydrogen-bond acceptors (Lipinski definition) is 5. The predicted octanol–water partition coefficient (Wildman–Crippen LogP) is 1.76. The lowest BCUT2D eigenvalue weighted by Gasteiger charge is -2.17. The molecule has 0 aliphatic carbocycles. The van der Waals surface area contributed by atoms with Crippen molar-refractivity contribution in [1.82, 2.24) is 10.2 Å². The van der Waals surface area contributed by atoms with E-state index in [-0.39, 0.29) is 35.9 Å². The average Bonchev–Trinajstić information content (AvgIpc) is 3.18. The Morgan fingerprint density at radius 2 is 1.75 bits per heavy atom. The molecule has 1 aliphatic rings. The Balaban J connectivity index is 1.65. The summed E-state index contributed by atoms with van der Waals surface area (Å²) in [5, 5.41) is 2.82. The summed E-state index contributed by atoms with van der Waals surface area (Å²) in [5.41, 5.74) is 1.78. The van der Waals surface area contributed by atoms with Crippen molar-refractivity contribution in [3.63, 3.8) is 0 Å². The van der Waals surface area contributed by atoms with Gasteiger partial charge in [0.2, 0.25) is 0 Å². The van der Waals surface area contributed by atoms with Gasteiger partial charge in [0.15, 0.2) is 10.7 Å². The van der Waals surface area contributed by atoms with Gasteiger partial charge < -0.3 is 15.0 Å². The third-order valence-electron chi connectivity index (χ3n) is 4.93. The molecule has 2 atom stereocenters. The Hall–Kier alpha value is -2.87. The number of urea groups is 1. The largest absolute Gasteiger partial charge is 0.469 e.